The second-order valence-electron chi connectivity index (χ2n) is 11.3. The summed E-state index contributed by atoms with van der Waals surface area (Å²) in [5.74, 6) is -4.68. The van der Waals surface area contributed by atoms with Crippen molar-refractivity contribution in [1.29, 1.82) is 0 Å². The molecule has 1 aromatic carbocycles. The zero-order valence-corrected chi connectivity index (χ0v) is 28.1. The Kier molecular flexibility index (Phi) is 13.6. The first kappa shape index (κ1) is 36.1. The number of aliphatic carboxylic acids is 1. The third kappa shape index (κ3) is 10.9. The number of carbonyl (C=O) groups is 5. The van der Waals surface area contributed by atoms with E-state index in [4.69, 9.17) is 0 Å². The molecule has 0 radical (unpaired) electrons. The van der Waals surface area contributed by atoms with Gasteiger partial charge in [-0.3, -0.25) is 19.2 Å². The molecule has 0 saturated carbocycles. The molecule has 4 aromatic rings. The van der Waals surface area contributed by atoms with Gasteiger partial charge in [-0.05, 0) is 13.2 Å². The van der Waals surface area contributed by atoms with Crippen LogP contribution >= 0.6 is 21.6 Å². The molecule has 3 heterocycles. The Hall–Kier alpha value is -4.70. The second kappa shape index (κ2) is 18.0. The van der Waals surface area contributed by atoms with Gasteiger partial charge in [0.2, 0.25) is 11.8 Å². The van der Waals surface area contributed by atoms with Gasteiger partial charge in [0.1, 0.15) is 6.04 Å². The molecule has 254 valence electrons. The number of rotatable bonds is 20. The lowest BCUT2D eigenvalue weighted by Crippen LogP contribution is -2.49. The van der Waals surface area contributed by atoms with E-state index in [1.165, 1.54) is 53.0 Å². The fourth-order valence-corrected chi connectivity index (χ4v) is 6.37. The van der Waals surface area contributed by atoms with Gasteiger partial charge < -0.3 is 30.7 Å². The van der Waals surface area contributed by atoms with Gasteiger partial charge in [0.25, 0.3) is 0 Å². The summed E-state index contributed by atoms with van der Waals surface area (Å²) in [6, 6.07) is 4.83. The summed E-state index contributed by atoms with van der Waals surface area (Å²) in [4.78, 5) is 87.4. The highest BCUT2D eigenvalue weighted by Crippen LogP contribution is 2.21. The predicted molar refractivity (Wildman–Crippen MR) is 181 cm³/mol. The quantitative estimate of drug-likeness (QED) is 0.0584. The molecule has 48 heavy (non-hydrogen) atoms. The van der Waals surface area contributed by atoms with Crippen molar-refractivity contribution >= 4 is 50.9 Å². The molecule has 16 heteroatoms. The lowest BCUT2D eigenvalue weighted by atomic mass is 9.90. The van der Waals surface area contributed by atoms with Crippen LogP contribution in [0.25, 0.3) is 0 Å². The first-order chi connectivity index (χ1) is 23.1. The number of amides is 2. The molecule has 0 aliphatic rings. The minimum Gasteiger partial charge on any atom is -0.480 e. The Balaban J connectivity index is 1.56. The number of nitrogens with one attached hydrogen (secondary N) is 5. The number of benzene rings is 1. The van der Waals surface area contributed by atoms with Crippen molar-refractivity contribution < 1.29 is 29.1 Å². The zero-order chi connectivity index (χ0) is 34.5. The van der Waals surface area contributed by atoms with Crippen LogP contribution < -0.4 is 10.6 Å². The smallest absolute Gasteiger partial charge is 0.327 e. The number of Topliss-reactive ketones (excluding diaryl/α,β-unsaturated/α-hetero) is 2. The maximum Gasteiger partial charge on any atom is 0.327 e. The average molecular weight is 695 g/mol. The number of aromatic nitrogens is 6. The van der Waals surface area contributed by atoms with Crippen molar-refractivity contribution in [2.24, 2.45) is 11.8 Å². The number of carbonyl (C=O) groups excluding carboxylic acids is 4. The Bertz CT molecular complexity index is 1630. The van der Waals surface area contributed by atoms with Crippen LogP contribution in [-0.2, 0) is 38.4 Å². The lowest BCUT2D eigenvalue weighted by molar-refractivity contribution is -0.142. The molecule has 2 amide bonds. The van der Waals surface area contributed by atoms with Gasteiger partial charge in [-0.1, -0.05) is 51.4 Å². The van der Waals surface area contributed by atoms with Gasteiger partial charge in [0.05, 0.1) is 36.9 Å². The van der Waals surface area contributed by atoms with E-state index in [0.29, 0.717) is 22.6 Å². The molecule has 0 aliphatic heterocycles. The van der Waals surface area contributed by atoms with Crippen molar-refractivity contribution in [1.82, 2.24) is 40.5 Å². The average Bonchev–Trinajstić information content (AvgIpc) is 3.87. The molecule has 6 N–H and O–H groups in total. The predicted octanol–water partition coefficient (Wildman–Crippen LogP) is 2.72. The minimum absolute atomic E-state index is 0.0494. The molecule has 0 saturated heterocycles. The van der Waals surface area contributed by atoms with Crippen LogP contribution in [0.15, 0.2) is 61.8 Å². The van der Waals surface area contributed by atoms with E-state index in [1.807, 2.05) is 19.1 Å². The van der Waals surface area contributed by atoms with Crippen LogP contribution in [0.3, 0.4) is 0 Å². The zero-order valence-electron chi connectivity index (χ0n) is 26.5. The number of aromatic amines is 3. The molecule has 4 atom stereocenters. The molecule has 14 nitrogen and oxygen atoms in total. The van der Waals surface area contributed by atoms with Crippen LogP contribution in [0.5, 0.6) is 0 Å². The third-order valence-electron chi connectivity index (χ3n) is 7.69. The molecular formula is C32H38N8O6S2. The van der Waals surface area contributed by atoms with Crippen LogP contribution in [0.4, 0.5) is 0 Å². The number of hydrogen-bond acceptors (Lipinski definition) is 10. The molecule has 4 rings (SSSR count). The van der Waals surface area contributed by atoms with Crippen molar-refractivity contribution in [3.63, 3.8) is 0 Å². The number of carboxylic acids is 1. The van der Waals surface area contributed by atoms with E-state index in [2.05, 4.69) is 40.5 Å². The molecule has 0 fully saturated rings. The van der Waals surface area contributed by atoms with E-state index in [-0.39, 0.29) is 43.6 Å². The standard InChI is InChI=1S/C32H38N8O6S2/c1-19-3-5-20(6-4-19)28(41)9-21(7-23-12-33-16-36-23)30(43)39-26(11-25-14-35-18-38-25)29(42)10-22(8-24-13-34-17-37-24)31(44)40-27(32(45)46)15-48-47-2/h3-6,12-14,16-18,21-22,26-27H,7-11,15H2,1-2H3,(H,33,36)(H,34,37)(H,35,38)(H,39,43)(H,40,44)(H,45,46). The second-order valence-corrected chi connectivity index (χ2v) is 13.9. The maximum absolute atomic E-state index is 14.0. The van der Waals surface area contributed by atoms with Crippen LogP contribution in [0.2, 0.25) is 0 Å². The van der Waals surface area contributed by atoms with Crippen molar-refractivity contribution in [2.75, 3.05) is 12.0 Å². The molecular weight excluding hydrogens is 657 g/mol. The molecule has 0 spiro atoms. The largest absolute Gasteiger partial charge is 0.480 e. The number of hydrogen-bond donors (Lipinski definition) is 6. The Morgan fingerprint density at radius 2 is 1.25 bits per heavy atom. The van der Waals surface area contributed by atoms with E-state index in [0.717, 1.165) is 5.56 Å². The fraction of sp³-hybridized carbons (Fsp3) is 0.375. The maximum atomic E-state index is 14.0. The van der Waals surface area contributed by atoms with E-state index < -0.39 is 47.5 Å². The summed E-state index contributed by atoms with van der Waals surface area (Å²) in [6.07, 6.45) is 10.7. The fourth-order valence-electron chi connectivity index (χ4n) is 5.06. The minimum atomic E-state index is -1.19. The molecule has 0 bridgehead atoms. The highest BCUT2D eigenvalue weighted by atomic mass is 33.1. The van der Waals surface area contributed by atoms with Crippen molar-refractivity contribution in [3.05, 3.63) is 90.0 Å². The van der Waals surface area contributed by atoms with Crippen LogP contribution in [0.1, 0.15) is 45.8 Å². The monoisotopic (exact) mass is 694 g/mol. The number of carboxylic acid groups (broad SMARTS) is 1. The normalized spacial score (nSPS) is 13.6. The molecule has 3 aromatic heterocycles. The topological polar surface area (TPSA) is 216 Å². The van der Waals surface area contributed by atoms with Gasteiger partial charge in [-0.15, -0.1) is 0 Å². The van der Waals surface area contributed by atoms with E-state index >= 15 is 0 Å². The first-order valence-corrected chi connectivity index (χ1v) is 17.9. The molecule has 4 unspecified atom stereocenters. The highest BCUT2D eigenvalue weighted by Gasteiger charge is 2.33. The summed E-state index contributed by atoms with van der Waals surface area (Å²) in [7, 11) is 2.66. The Morgan fingerprint density at radius 3 is 1.73 bits per heavy atom. The van der Waals surface area contributed by atoms with Gasteiger partial charge >= 0.3 is 5.97 Å². The number of imidazole rings is 3. The van der Waals surface area contributed by atoms with Crippen LogP contribution in [-0.4, -0.2) is 88.5 Å². The summed E-state index contributed by atoms with van der Waals surface area (Å²) in [5.41, 5.74) is 3.26. The van der Waals surface area contributed by atoms with Gasteiger partial charge in [0.15, 0.2) is 11.6 Å². The Morgan fingerprint density at radius 1 is 0.750 bits per heavy atom. The lowest BCUT2D eigenvalue weighted by Gasteiger charge is -2.24. The SMILES string of the molecule is CSSCC(NC(=O)C(CC(=O)C(Cc1cnc[nH]1)NC(=O)C(CC(=O)c1ccc(C)cc1)Cc1cnc[nH]1)Cc1cnc[nH]1)C(=O)O. The van der Waals surface area contributed by atoms with Gasteiger partial charge in [0, 0.05) is 79.1 Å². The third-order valence-corrected chi connectivity index (χ3v) is 9.51. The number of aryl methyl sites for hydroxylation is 1. The summed E-state index contributed by atoms with van der Waals surface area (Å²) in [5, 5.41) is 15.1. The first-order valence-electron chi connectivity index (χ1n) is 15.2. The summed E-state index contributed by atoms with van der Waals surface area (Å²) < 4.78 is 0. The molecule has 0 aliphatic carbocycles. The van der Waals surface area contributed by atoms with Crippen molar-refractivity contribution in [2.45, 2.75) is 51.1 Å². The Labute approximate surface area is 284 Å². The number of nitrogens with zero attached hydrogens (tertiary/aromatic N) is 3. The van der Waals surface area contributed by atoms with E-state index in [1.54, 1.807) is 24.6 Å². The van der Waals surface area contributed by atoms with E-state index in [9.17, 15) is 29.1 Å². The highest BCUT2D eigenvalue weighted by molar-refractivity contribution is 8.76. The summed E-state index contributed by atoms with van der Waals surface area (Å²) in [6.45, 7) is 1.91. The van der Waals surface area contributed by atoms with Gasteiger partial charge in [-0.25, -0.2) is 19.7 Å². The number of ketones is 2. The van der Waals surface area contributed by atoms with Crippen molar-refractivity contribution in [3.8, 4) is 0 Å². The number of H-pyrrole nitrogens is 3. The van der Waals surface area contributed by atoms with Gasteiger partial charge in [-0.2, -0.15) is 0 Å². The summed E-state index contributed by atoms with van der Waals surface area (Å²) >= 11 is 0. The van der Waals surface area contributed by atoms with Crippen LogP contribution in [0, 0.1) is 18.8 Å².